The normalized spacial score (nSPS) is 12.9. The molecule has 0 bridgehead atoms. The number of nitrogens with zero attached hydrogens (tertiary/aromatic N) is 2. The molecule has 0 saturated heterocycles. The van der Waals surface area contributed by atoms with Crippen molar-refractivity contribution < 1.29 is 4.79 Å². The number of aromatic nitrogens is 2. The Morgan fingerprint density at radius 3 is 3.00 bits per heavy atom. The van der Waals surface area contributed by atoms with E-state index in [-0.39, 0.29) is 6.04 Å². The zero-order valence-corrected chi connectivity index (χ0v) is 6.82. The summed E-state index contributed by atoms with van der Waals surface area (Å²) in [4.78, 5) is 14.2. The minimum atomic E-state index is 0.230. The third kappa shape index (κ3) is 1.90. The Morgan fingerprint density at radius 1 is 1.82 bits per heavy atom. The number of rotatable bonds is 3. The first kappa shape index (κ1) is 7.98. The number of hydrogen-bond acceptors (Lipinski definition) is 2. The smallest absolute Gasteiger partial charge is 0.122 e. The van der Waals surface area contributed by atoms with Crippen LogP contribution in [-0.4, -0.2) is 15.8 Å². The van der Waals surface area contributed by atoms with Crippen LogP contribution in [-0.2, 0) is 4.79 Å². The van der Waals surface area contributed by atoms with E-state index in [1.807, 2.05) is 24.6 Å². The van der Waals surface area contributed by atoms with Gasteiger partial charge < -0.3 is 9.36 Å². The minimum Gasteiger partial charge on any atom is -0.334 e. The number of aryl methyl sites for hydroxylation is 1. The maximum atomic E-state index is 10.2. The van der Waals surface area contributed by atoms with E-state index in [1.54, 1.807) is 6.33 Å². The first-order chi connectivity index (χ1) is 5.24. The monoisotopic (exact) mass is 152 g/mol. The van der Waals surface area contributed by atoms with Gasteiger partial charge in [0.15, 0.2) is 0 Å². The molecule has 0 aliphatic rings. The molecule has 0 saturated carbocycles. The van der Waals surface area contributed by atoms with Gasteiger partial charge in [0.25, 0.3) is 0 Å². The van der Waals surface area contributed by atoms with Crippen LogP contribution in [0.4, 0.5) is 0 Å². The van der Waals surface area contributed by atoms with Crippen molar-refractivity contribution in [3.8, 4) is 0 Å². The highest BCUT2D eigenvalue weighted by Gasteiger charge is 2.02. The third-order valence-electron chi connectivity index (χ3n) is 1.68. The first-order valence-electron chi connectivity index (χ1n) is 3.67. The van der Waals surface area contributed by atoms with Crippen molar-refractivity contribution in [3.63, 3.8) is 0 Å². The van der Waals surface area contributed by atoms with Crippen molar-refractivity contribution in [2.45, 2.75) is 26.3 Å². The van der Waals surface area contributed by atoms with E-state index in [1.165, 1.54) is 0 Å². The fraction of sp³-hybridized carbons (Fsp3) is 0.500. The molecule has 0 amide bonds. The summed E-state index contributed by atoms with van der Waals surface area (Å²) in [6, 6.07) is 0.230. The van der Waals surface area contributed by atoms with Crippen molar-refractivity contribution in [3.05, 3.63) is 18.2 Å². The molecule has 0 spiro atoms. The highest BCUT2D eigenvalue weighted by molar-refractivity contribution is 5.49. The molecule has 0 fully saturated rings. The van der Waals surface area contributed by atoms with Gasteiger partial charge in [0.05, 0.1) is 12.0 Å². The quantitative estimate of drug-likeness (QED) is 0.612. The summed E-state index contributed by atoms with van der Waals surface area (Å²) < 4.78 is 1.95. The molecule has 0 N–H and O–H groups in total. The highest BCUT2D eigenvalue weighted by atomic mass is 16.1. The molecule has 0 aliphatic carbocycles. The van der Waals surface area contributed by atoms with Gasteiger partial charge in [-0.25, -0.2) is 4.98 Å². The van der Waals surface area contributed by atoms with E-state index >= 15 is 0 Å². The van der Waals surface area contributed by atoms with Gasteiger partial charge in [-0.2, -0.15) is 0 Å². The van der Waals surface area contributed by atoms with Crippen molar-refractivity contribution in [1.29, 1.82) is 0 Å². The van der Waals surface area contributed by atoms with Gasteiger partial charge in [-0.15, -0.1) is 0 Å². The minimum absolute atomic E-state index is 0.230. The maximum absolute atomic E-state index is 10.2. The Kier molecular flexibility index (Phi) is 2.41. The van der Waals surface area contributed by atoms with Crippen LogP contribution in [0.3, 0.4) is 0 Å². The SMILES string of the molecule is Cc1cn(C(C)CC=O)cn1. The molecule has 0 radical (unpaired) electrons. The zero-order valence-electron chi connectivity index (χ0n) is 6.82. The summed E-state index contributed by atoms with van der Waals surface area (Å²) in [5.41, 5.74) is 0.989. The number of carbonyl (C=O) groups excluding carboxylic acids is 1. The lowest BCUT2D eigenvalue weighted by Gasteiger charge is -2.07. The molecule has 1 heterocycles. The van der Waals surface area contributed by atoms with Gasteiger partial charge >= 0.3 is 0 Å². The Morgan fingerprint density at radius 2 is 2.55 bits per heavy atom. The summed E-state index contributed by atoms with van der Waals surface area (Å²) in [5.74, 6) is 0. The van der Waals surface area contributed by atoms with E-state index in [2.05, 4.69) is 4.98 Å². The summed E-state index contributed by atoms with van der Waals surface area (Å²) in [6.45, 7) is 3.93. The fourth-order valence-electron chi connectivity index (χ4n) is 0.942. The summed E-state index contributed by atoms with van der Waals surface area (Å²) >= 11 is 0. The fourth-order valence-corrected chi connectivity index (χ4v) is 0.942. The number of carbonyl (C=O) groups is 1. The lowest BCUT2D eigenvalue weighted by atomic mass is 10.2. The van der Waals surface area contributed by atoms with Gasteiger partial charge in [-0.05, 0) is 13.8 Å². The second-order valence-electron chi connectivity index (χ2n) is 2.71. The molecule has 3 nitrogen and oxygen atoms in total. The number of aldehydes is 1. The van der Waals surface area contributed by atoms with Crippen molar-refractivity contribution in [2.24, 2.45) is 0 Å². The molecule has 60 valence electrons. The largest absolute Gasteiger partial charge is 0.334 e. The lowest BCUT2D eigenvalue weighted by Crippen LogP contribution is -2.02. The predicted octanol–water partition coefficient (Wildman–Crippen LogP) is 1.34. The van der Waals surface area contributed by atoms with Gasteiger partial charge in [-0.1, -0.05) is 0 Å². The Balaban J connectivity index is 2.67. The molecule has 1 atom stereocenters. The van der Waals surface area contributed by atoms with Gasteiger partial charge in [0.1, 0.15) is 6.29 Å². The molecule has 11 heavy (non-hydrogen) atoms. The average molecular weight is 152 g/mol. The van der Waals surface area contributed by atoms with E-state index in [0.29, 0.717) is 6.42 Å². The predicted molar refractivity (Wildman–Crippen MR) is 42.4 cm³/mol. The summed E-state index contributed by atoms with van der Waals surface area (Å²) in [6.07, 6.45) is 5.17. The zero-order chi connectivity index (χ0) is 8.27. The van der Waals surface area contributed by atoms with E-state index in [9.17, 15) is 4.79 Å². The van der Waals surface area contributed by atoms with Crippen LogP contribution in [0.2, 0.25) is 0 Å². The third-order valence-corrected chi connectivity index (χ3v) is 1.68. The van der Waals surface area contributed by atoms with Crippen LogP contribution in [0.1, 0.15) is 25.1 Å². The van der Waals surface area contributed by atoms with Crippen molar-refractivity contribution in [2.75, 3.05) is 0 Å². The molecular formula is C8H12N2O. The molecule has 1 aromatic heterocycles. The second-order valence-corrected chi connectivity index (χ2v) is 2.71. The summed E-state index contributed by atoms with van der Waals surface area (Å²) in [7, 11) is 0. The summed E-state index contributed by atoms with van der Waals surface area (Å²) in [5, 5.41) is 0. The lowest BCUT2D eigenvalue weighted by molar-refractivity contribution is -0.108. The van der Waals surface area contributed by atoms with Crippen LogP contribution in [0.25, 0.3) is 0 Å². The Labute approximate surface area is 66.1 Å². The second kappa shape index (κ2) is 3.32. The molecule has 3 heteroatoms. The molecule has 1 aromatic rings. The van der Waals surface area contributed by atoms with Crippen LogP contribution < -0.4 is 0 Å². The van der Waals surface area contributed by atoms with Crippen LogP contribution in [0.5, 0.6) is 0 Å². The Hall–Kier alpha value is -1.12. The molecule has 0 aliphatic heterocycles. The van der Waals surface area contributed by atoms with E-state index in [4.69, 9.17) is 0 Å². The standard InChI is InChI=1S/C8H12N2O/c1-7-5-10(6-9-7)8(2)3-4-11/h4-6,8H,3H2,1-2H3. The van der Waals surface area contributed by atoms with Crippen LogP contribution >= 0.6 is 0 Å². The van der Waals surface area contributed by atoms with Crippen molar-refractivity contribution >= 4 is 6.29 Å². The number of hydrogen-bond donors (Lipinski definition) is 0. The first-order valence-corrected chi connectivity index (χ1v) is 3.67. The van der Waals surface area contributed by atoms with Gasteiger partial charge in [0.2, 0.25) is 0 Å². The highest BCUT2D eigenvalue weighted by Crippen LogP contribution is 2.08. The van der Waals surface area contributed by atoms with E-state index in [0.717, 1.165) is 12.0 Å². The average Bonchev–Trinajstić information content (AvgIpc) is 2.36. The van der Waals surface area contributed by atoms with Crippen molar-refractivity contribution in [1.82, 2.24) is 9.55 Å². The Bertz CT molecular complexity index is 242. The van der Waals surface area contributed by atoms with Crippen LogP contribution in [0.15, 0.2) is 12.5 Å². The maximum Gasteiger partial charge on any atom is 0.122 e. The molecular weight excluding hydrogens is 140 g/mol. The van der Waals surface area contributed by atoms with Crippen LogP contribution in [0, 0.1) is 6.92 Å². The molecule has 1 unspecified atom stereocenters. The van der Waals surface area contributed by atoms with E-state index < -0.39 is 0 Å². The van der Waals surface area contributed by atoms with Gasteiger partial charge in [0, 0.05) is 18.7 Å². The number of imidazole rings is 1. The topological polar surface area (TPSA) is 34.9 Å². The van der Waals surface area contributed by atoms with Gasteiger partial charge in [-0.3, -0.25) is 0 Å². The molecule has 0 aromatic carbocycles. The molecule has 1 rings (SSSR count).